The van der Waals surface area contributed by atoms with Crippen molar-refractivity contribution in [2.24, 2.45) is 0 Å². The molecule has 0 amide bonds. The molecular weight excluding hydrogens is 376 g/mol. The average Bonchev–Trinajstić information content (AvgIpc) is 2.69. The van der Waals surface area contributed by atoms with Crippen LogP contribution in [0.25, 0.3) is 10.8 Å². The molecule has 3 aromatic rings. The van der Waals surface area contributed by atoms with Crippen LogP contribution in [0, 0.1) is 0 Å². The normalized spacial score (nSPS) is 14.5. The van der Waals surface area contributed by atoms with Crippen molar-refractivity contribution in [1.82, 2.24) is 0 Å². The molecule has 0 bridgehead atoms. The van der Waals surface area contributed by atoms with Crippen LogP contribution in [-0.4, -0.2) is 20.4 Å². The summed E-state index contributed by atoms with van der Waals surface area (Å²) in [6.07, 6.45) is 3.03. The van der Waals surface area contributed by atoms with E-state index in [2.05, 4.69) is 27.7 Å². The van der Waals surface area contributed by atoms with Crippen LogP contribution >= 0.6 is 0 Å². The van der Waals surface area contributed by atoms with E-state index in [9.17, 15) is 20.4 Å². The largest absolute Gasteiger partial charge is 0.508 e. The van der Waals surface area contributed by atoms with Gasteiger partial charge in [0.15, 0.2) is 0 Å². The quantitative estimate of drug-likeness (QED) is 0.337. The van der Waals surface area contributed by atoms with Gasteiger partial charge in [0.2, 0.25) is 0 Å². The van der Waals surface area contributed by atoms with Crippen molar-refractivity contribution < 1.29 is 20.4 Å². The summed E-state index contributed by atoms with van der Waals surface area (Å²) in [6.45, 7) is 8.41. The first kappa shape index (κ1) is 21.8. The molecule has 0 saturated heterocycles. The van der Waals surface area contributed by atoms with Gasteiger partial charge in [-0.25, -0.2) is 0 Å². The molecule has 0 fully saturated rings. The predicted octanol–water partition coefficient (Wildman–Crippen LogP) is 6.48. The van der Waals surface area contributed by atoms with Crippen molar-refractivity contribution in [2.75, 3.05) is 0 Å². The average molecular weight is 409 g/mol. The van der Waals surface area contributed by atoms with Gasteiger partial charge in [0.05, 0.1) is 0 Å². The van der Waals surface area contributed by atoms with Gasteiger partial charge in [-0.3, -0.25) is 0 Å². The van der Waals surface area contributed by atoms with Gasteiger partial charge < -0.3 is 20.4 Å². The SMILES string of the molecule is CCCC(C)(Cc1cc(O)ccc1O)c1c(O)ccc2c(C(C)CC)cc(O)cc12. The van der Waals surface area contributed by atoms with Crippen LogP contribution in [0.1, 0.15) is 69.6 Å². The number of hydrogen-bond donors (Lipinski definition) is 4. The minimum absolute atomic E-state index is 0.0977. The summed E-state index contributed by atoms with van der Waals surface area (Å²) in [5, 5.41) is 43.6. The summed E-state index contributed by atoms with van der Waals surface area (Å²) in [6, 6.07) is 11.7. The summed E-state index contributed by atoms with van der Waals surface area (Å²) < 4.78 is 0. The number of hydrogen-bond acceptors (Lipinski definition) is 4. The first-order valence-electron chi connectivity index (χ1n) is 10.7. The van der Waals surface area contributed by atoms with Gasteiger partial charge in [-0.1, -0.05) is 40.2 Å². The topological polar surface area (TPSA) is 80.9 Å². The summed E-state index contributed by atoms with van der Waals surface area (Å²) in [5.41, 5.74) is 1.95. The highest BCUT2D eigenvalue weighted by molar-refractivity contribution is 5.93. The van der Waals surface area contributed by atoms with E-state index in [1.54, 1.807) is 18.2 Å². The lowest BCUT2D eigenvalue weighted by molar-refractivity contribution is 0.384. The first-order valence-corrected chi connectivity index (χ1v) is 10.7. The fraction of sp³-hybridized carbons (Fsp3) is 0.385. The Labute approximate surface area is 178 Å². The van der Waals surface area contributed by atoms with Crippen LogP contribution in [0.2, 0.25) is 0 Å². The standard InChI is InChI=1S/C26H32O4/c1-5-11-26(4,15-17-12-18(27)7-9-23(17)29)25-22-14-19(28)13-21(16(3)6-2)20(22)8-10-24(25)30/h7-10,12-14,16,27-30H,5-6,11,15H2,1-4H3. The Kier molecular flexibility index (Phi) is 6.16. The van der Waals surface area contributed by atoms with Gasteiger partial charge in [-0.2, -0.15) is 0 Å². The Morgan fingerprint density at radius 1 is 0.833 bits per heavy atom. The van der Waals surface area contributed by atoms with Crippen LogP contribution in [0.3, 0.4) is 0 Å². The second kappa shape index (κ2) is 8.47. The molecular formula is C26H32O4. The number of phenolic OH excluding ortho intramolecular Hbond substituents is 4. The lowest BCUT2D eigenvalue weighted by Crippen LogP contribution is -2.25. The molecule has 0 heterocycles. The predicted molar refractivity (Wildman–Crippen MR) is 122 cm³/mol. The Morgan fingerprint density at radius 2 is 1.53 bits per heavy atom. The second-order valence-corrected chi connectivity index (χ2v) is 8.70. The second-order valence-electron chi connectivity index (χ2n) is 8.70. The number of rotatable bonds is 7. The Balaban J connectivity index is 2.28. The smallest absolute Gasteiger partial charge is 0.119 e. The third-order valence-corrected chi connectivity index (χ3v) is 6.32. The molecule has 2 atom stereocenters. The number of aromatic hydroxyl groups is 4. The van der Waals surface area contributed by atoms with E-state index in [-0.39, 0.29) is 28.9 Å². The number of benzene rings is 3. The summed E-state index contributed by atoms with van der Waals surface area (Å²) in [4.78, 5) is 0. The molecule has 0 radical (unpaired) electrons. The number of fused-ring (bicyclic) bond motifs is 1. The van der Waals surface area contributed by atoms with Gasteiger partial charge in [0, 0.05) is 11.0 Å². The fourth-order valence-electron chi connectivity index (χ4n) is 4.69. The Bertz CT molecular complexity index is 1060. The minimum Gasteiger partial charge on any atom is -0.508 e. The lowest BCUT2D eigenvalue weighted by atomic mass is 9.71. The van der Waals surface area contributed by atoms with Gasteiger partial charge in [0.1, 0.15) is 23.0 Å². The first-order chi connectivity index (χ1) is 14.2. The molecule has 3 rings (SSSR count). The van der Waals surface area contributed by atoms with E-state index < -0.39 is 5.41 Å². The van der Waals surface area contributed by atoms with E-state index >= 15 is 0 Å². The Hall–Kier alpha value is -2.88. The van der Waals surface area contributed by atoms with Gasteiger partial charge in [0.25, 0.3) is 0 Å². The maximum absolute atomic E-state index is 11.0. The van der Waals surface area contributed by atoms with E-state index in [0.29, 0.717) is 12.0 Å². The maximum Gasteiger partial charge on any atom is 0.119 e. The highest BCUT2D eigenvalue weighted by Gasteiger charge is 2.32. The minimum atomic E-state index is -0.510. The lowest BCUT2D eigenvalue weighted by Gasteiger charge is -2.33. The van der Waals surface area contributed by atoms with Gasteiger partial charge in [-0.05, 0) is 83.5 Å². The third-order valence-electron chi connectivity index (χ3n) is 6.32. The molecule has 0 spiro atoms. The highest BCUT2D eigenvalue weighted by atomic mass is 16.3. The summed E-state index contributed by atoms with van der Waals surface area (Å²) in [7, 11) is 0. The molecule has 30 heavy (non-hydrogen) atoms. The van der Waals surface area contributed by atoms with Crippen molar-refractivity contribution in [2.45, 2.75) is 64.7 Å². The van der Waals surface area contributed by atoms with Crippen molar-refractivity contribution in [3.05, 3.63) is 59.2 Å². The summed E-state index contributed by atoms with van der Waals surface area (Å²) in [5.74, 6) is 0.852. The molecule has 2 unspecified atom stereocenters. The molecule has 160 valence electrons. The zero-order valence-corrected chi connectivity index (χ0v) is 18.2. The molecule has 0 aliphatic heterocycles. The van der Waals surface area contributed by atoms with Crippen LogP contribution in [0.5, 0.6) is 23.0 Å². The molecule has 4 nitrogen and oxygen atoms in total. The third kappa shape index (κ3) is 4.04. The van der Waals surface area contributed by atoms with E-state index in [1.165, 1.54) is 12.1 Å². The zero-order chi connectivity index (χ0) is 22.1. The van der Waals surface area contributed by atoms with Crippen LogP contribution < -0.4 is 0 Å². The fourth-order valence-corrected chi connectivity index (χ4v) is 4.69. The van der Waals surface area contributed by atoms with Crippen LogP contribution in [0.4, 0.5) is 0 Å². The molecule has 0 aliphatic carbocycles. The molecule has 0 aliphatic rings. The van der Waals surface area contributed by atoms with Crippen LogP contribution in [0.15, 0.2) is 42.5 Å². The Morgan fingerprint density at radius 3 is 2.20 bits per heavy atom. The molecule has 4 heteroatoms. The zero-order valence-electron chi connectivity index (χ0n) is 18.2. The van der Waals surface area contributed by atoms with Gasteiger partial charge in [-0.15, -0.1) is 0 Å². The van der Waals surface area contributed by atoms with E-state index in [4.69, 9.17) is 0 Å². The van der Waals surface area contributed by atoms with E-state index in [0.717, 1.165) is 41.2 Å². The molecule has 3 aromatic carbocycles. The van der Waals surface area contributed by atoms with Crippen molar-refractivity contribution in [3.8, 4) is 23.0 Å². The number of phenols is 4. The van der Waals surface area contributed by atoms with Gasteiger partial charge >= 0.3 is 0 Å². The van der Waals surface area contributed by atoms with Crippen LogP contribution in [-0.2, 0) is 11.8 Å². The monoisotopic (exact) mass is 408 g/mol. The van der Waals surface area contributed by atoms with Crippen molar-refractivity contribution >= 4 is 10.8 Å². The maximum atomic E-state index is 11.0. The summed E-state index contributed by atoms with van der Waals surface area (Å²) >= 11 is 0. The molecule has 4 N–H and O–H groups in total. The molecule has 0 aromatic heterocycles. The van der Waals surface area contributed by atoms with Crippen molar-refractivity contribution in [3.63, 3.8) is 0 Å². The highest BCUT2D eigenvalue weighted by Crippen LogP contribution is 2.46. The molecule has 0 saturated carbocycles. The van der Waals surface area contributed by atoms with E-state index in [1.807, 2.05) is 12.1 Å². The van der Waals surface area contributed by atoms with Crippen molar-refractivity contribution in [1.29, 1.82) is 0 Å².